The number of hydrogen-bond acceptors (Lipinski definition) is 6. The monoisotopic (exact) mass is 397 g/mol. The summed E-state index contributed by atoms with van der Waals surface area (Å²) in [5, 5.41) is 25.3. The molecule has 0 aliphatic heterocycles. The fourth-order valence-corrected chi connectivity index (χ4v) is 2.64. The number of anilines is 1. The highest BCUT2D eigenvalue weighted by Gasteiger charge is 2.13. The van der Waals surface area contributed by atoms with E-state index in [1.807, 2.05) is 0 Å². The van der Waals surface area contributed by atoms with Gasteiger partial charge in [-0.15, -0.1) is 0 Å². The third-order valence-electron chi connectivity index (χ3n) is 3.79. The first-order valence-corrected chi connectivity index (χ1v) is 8.54. The van der Waals surface area contributed by atoms with Gasteiger partial charge in [0, 0.05) is 28.9 Å². The van der Waals surface area contributed by atoms with E-state index in [0.717, 1.165) is 5.56 Å². The molecule has 0 fully saturated rings. The highest BCUT2D eigenvalue weighted by Crippen LogP contribution is 2.24. The SMILES string of the molecule is O=C(NC(=S)Nc1ccc(-c2ccc(CO)o2)cc1)c1cccc([N+](=O)[O-])c1. The van der Waals surface area contributed by atoms with Crippen LogP contribution in [0, 0.1) is 10.1 Å². The number of aliphatic hydroxyl groups is 1. The molecule has 1 heterocycles. The molecule has 142 valence electrons. The number of carbonyl (C=O) groups excluding carboxylic acids is 1. The van der Waals surface area contributed by atoms with Crippen molar-refractivity contribution >= 4 is 34.6 Å². The van der Waals surface area contributed by atoms with Gasteiger partial charge >= 0.3 is 0 Å². The molecule has 1 amide bonds. The Morgan fingerprint density at radius 2 is 1.89 bits per heavy atom. The van der Waals surface area contributed by atoms with E-state index < -0.39 is 10.8 Å². The summed E-state index contributed by atoms with van der Waals surface area (Å²) >= 11 is 5.12. The van der Waals surface area contributed by atoms with Gasteiger partial charge in [-0.2, -0.15) is 0 Å². The molecule has 0 spiro atoms. The van der Waals surface area contributed by atoms with Gasteiger partial charge in [0.05, 0.1) is 4.92 Å². The minimum absolute atomic E-state index is 0.0600. The zero-order valence-corrected chi connectivity index (χ0v) is 15.2. The van der Waals surface area contributed by atoms with E-state index in [1.165, 1.54) is 24.3 Å². The molecule has 0 aliphatic carbocycles. The van der Waals surface area contributed by atoms with Crippen LogP contribution in [0.25, 0.3) is 11.3 Å². The van der Waals surface area contributed by atoms with E-state index in [4.69, 9.17) is 21.7 Å². The fourth-order valence-electron chi connectivity index (χ4n) is 2.43. The molecule has 9 heteroatoms. The molecule has 0 radical (unpaired) electrons. The molecule has 0 bridgehead atoms. The van der Waals surface area contributed by atoms with Crippen molar-refractivity contribution in [2.45, 2.75) is 6.61 Å². The molecule has 3 rings (SSSR count). The molecule has 3 aromatic rings. The molecule has 1 aromatic heterocycles. The Labute approximate surface area is 165 Å². The Bertz CT molecular complexity index is 1030. The summed E-state index contributed by atoms with van der Waals surface area (Å²) in [6, 6.07) is 15.9. The number of furan rings is 1. The second kappa shape index (κ2) is 8.42. The smallest absolute Gasteiger partial charge is 0.270 e. The zero-order chi connectivity index (χ0) is 20.1. The number of benzene rings is 2. The van der Waals surface area contributed by atoms with Crippen LogP contribution in [0.3, 0.4) is 0 Å². The minimum atomic E-state index is -0.572. The first-order chi connectivity index (χ1) is 13.5. The van der Waals surface area contributed by atoms with Gasteiger partial charge in [0.2, 0.25) is 0 Å². The van der Waals surface area contributed by atoms with Crippen LogP contribution in [0.5, 0.6) is 0 Å². The van der Waals surface area contributed by atoms with Crippen LogP contribution >= 0.6 is 12.2 Å². The van der Waals surface area contributed by atoms with Crippen LogP contribution in [-0.4, -0.2) is 21.0 Å². The van der Waals surface area contributed by atoms with Crippen molar-refractivity contribution in [2.75, 3.05) is 5.32 Å². The zero-order valence-electron chi connectivity index (χ0n) is 14.4. The van der Waals surface area contributed by atoms with Gasteiger partial charge in [0.1, 0.15) is 18.1 Å². The number of nitro groups is 1. The van der Waals surface area contributed by atoms with Gasteiger partial charge < -0.3 is 14.8 Å². The normalized spacial score (nSPS) is 10.3. The molecule has 0 atom stereocenters. The molecule has 0 saturated heterocycles. The maximum absolute atomic E-state index is 12.2. The lowest BCUT2D eigenvalue weighted by Crippen LogP contribution is -2.34. The molecular formula is C19H15N3O5S. The van der Waals surface area contributed by atoms with Crippen molar-refractivity contribution in [2.24, 2.45) is 0 Å². The van der Waals surface area contributed by atoms with Crippen molar-refractivity contribution in [3.63, 3.8) is 0 Å². The number of hydrogen-bond donors (Lipinski definition) is 3. The number of nitrogens with zero attached hydrogens (tertiary/aromatic N) is 1. The molecule has 3 N–H and O–H groups in total. The Hall–Kier alpha value is -3.56. The molecular weight excluding hydrogens is 382 g/mol. The number of thiocarbonyl (C=S) groups is 1. The molecule has 0 saturated carbocycles. The summed E-state index contributed by atoms with van der Waals surface area (Å²) in [6.45, 7) is -0.168. The third-order valence-corrected chi connectivity index (χ3v) is 4.00. The first kappa shape index (κ1) is 19.2. The van der Waals surface area contributed by atoms with Crippen molar-refractivity contribution in [3.8, 4) is 11.3 Å². The maximum atomic E-state index is 12.2. The number of nitrogens with one attached hydrogen (secondary N) is 2. The van der Waals surface area contributed by atoms with Gasteiger partial charge in [0.15, 0.2) is 5.11 Å². The number of rotatable bonds is 5. The van der Waals surface area contributed by atoms with Gasteiger partial charge in [-0.1, -0.05) is 6.07 Å². The lowest BCUT2D eigenvalue weighted by Gasteiger charge is -2.10. The lowest BCUT2D eigenvalue weighted by atomic mass is 10.1. The van der Waals surface area contributed by atoms with Gasteiger partial charge in [0.25, 0.3) is 11.6 Å². The number of non-ortho nitro benzene ring substituents is 1. The summed E-state index contributed by atoms with van der Waals surface area (Å²) in [4.78, 5) is 22.4. The molecule has 8 nitrogen and oxygen atoms in total. The van der Waals surface area contributed by atoms with Crippen molar-refractivity contribution in [3.05, 3.63) is 82.1 Å². The summed E-state index contributed by atoms with van der Waals surface area (Å²) in [5.74, 6) is 0.546. The lowest BCUT2D eigenvalue weighted by molar-refractivity contribution is -0.384. The van der Waals surface area contributed by atoms with Crippen molar-refractivity contribution < 1.29 is 19.2 Å². The molecule has 0 unspecified atom stereocenters. The topological polar surface area (TPSA) is 118 Å². The average Bonchev–Trinajstić information content (AvgIpc) is 3.18. The highest BCUT2D eigenvalue weighted by molar-refractivity contribution is 7.80. The van der Waals surface area contributed by atoms with Crippen LogP contribution in [0.4, 0.5) is 11.4 Å². The molecule has 28 heavy (non-hydrogen) atoms. The second-order valence-corrected chi connectivity index (χ2v) is 6.13. The summed E-state index contributed by atoms with van der Waals surface area (Å²) < 4.78 is 5.47. The first-order valence-electron chi connectivity index (χ1n) is 8.13. The van der Waals surface area contributed by atoms with E-state index >= 15 is 0 Å². The minimum Gasteiger partial charge on any atom is -0.459 e. The molecule has 0 aliphatic rings. The Kier molecular flexibility index (Phi) is 5.78. The van der Waals surface area contributed by atoms with E-state index in [2.05, 4.69) is 10.6 Å². The maximum Gasteiger partial charge on any atom is 0.270 e. The summed E-state index contributed by atoms with van der Waals surface area (Å²) in [5.41, 5.74) is 1.41. The highest BCUT2D eigenvalue weighted by atomic mass is 32.1. The number of aliphatic hydroxyl groups excluding tert-OH is 1. The Balaban J connectivity index is 1.62. The number of amides is 1. The Morgan fingerprint density at radius 1 is 1.14 bits per heavy atom. The third kappa shape index (κ3) is 4.58. The van der Waals surface area contributed by atoms with E-state index in [9.17, 15) is 14.9 Å². The van der Waals surface area contributed by atoms with Gasteiger partial charge in [-0.25, -0.2) is 0 Å². The number of carbonyl (C=O) groups is 1. The number of nitro benzene ring substituents is 1. The van der Waals surface area contributed by atoms with Crippen molar-refractivity contribution in [1.29, 1.82) is 0 Å². The summed E-state index contributed by atoms with van der Waals surface area (Å²) in [7, 11) is 0. The van der Waals surface area contributed by atoms with Crippen LogP contribution in [0.15, 0.2) is 65.1 Å². The fraction of sp³-hybridized carbons (Fsp3) is 0.0526. The Morgan fingerprint density at radius 3 is 2.54 bits per heavy atom. The largest absolute Gasteiger partial charge is 0.459 e. The molecule has 2 aromatic carbocycles. The average molecular weight is 397 g/mol. The van der Waals surface area contributed by atoms with Crippen LogP contribution in [0.2, 0.25) is 0 Å². The van der Waals surface area contributed by atoms with E-state index in [1.54, 1.807) is 36.4 Å². The van der Waals surface area contributed by atoms with Crippen molar-refractivity contribution in [1.82, 2.24) is 5.32 Å². The predicted octanol–water partition coefficient (Wildman–Crippen LogP) is 3.47. The van der Waals surface area contributed by atoms with Gasteiger partial charge in [-0.3, -0.25) is 20.2 Å². The summed E-state index contributed by atoms with van der Waals surface area (Å²) in [6.07, 6.45) is 0. The second-order valence-electron chi connectivity index (χ2n) is 5.72. The van der Waals surface area contributed by atoms with Gasteiger partial charge in [-0.05, 0) is 54.7 Å². The van der Waals surface area contributed by atoms with Crippen LogP contribution in [-0.2, 0) is 6.61 Å². The predicted molar refractivity (Wildman–Crippen MR) is 107 cm³/mol. The standard InChI is InChI=1S/C19H15N3O5S/c23-11-16-8-9-17(27-16)12-4-6-14(7-5-12)20-19(28)21-18(24)13-2-1-3-15(10-13)22(25)26/h1-10,23H,11H2,(H2,20,21,24,28). The van der Waals surface area contributed by atoms with Crippen LogP contribution < -0.4 is 10.6 Å². The van der Waals surface area contributed by atoms with Crippen LogP contribution in [0.1, 0.15) is 16.1 Å². The van der Waals surface area contributed by atoms with E-state index in [-0.39, 0.29) is 23.0 Å². The quantitative estimate of drug-likeness (QED) is 0.343. The van der Waals surface area contributed by atoms with E-state index in [0.29, 0.717) is 17.2 Å².